The van der Waals surface area contributed by atoms with Crippen LogP contribution in [0.25, 0.3) is 0 Å². The number of nitrogens with zero attached hydrogens (tertiary/aromatic N) is 2. The summed E-state index contributed by atoms with van der Waals surface area (Å²) in [5, 5.41) is 4.54. The average molecular weight is 372 g/mol. The largest absolute Gasteiger partial charge is 0.384 e. The van der Waals surface area contributed by atoms with Crippen molar-refractivity contribution in [2.24, 2.45) is 10.9 Å². The summed E-state index contributed by atoms with van der Waals surface area (Å²) in [4.78, 5) is 20.0. The molecule has 2 aromatic rings. The van der Waals surface area contributed by atoms with Gasteiger partial charge in [-0.05, 0) is 43.5 Å². The molecule has 0 unspecified atom stereocenters. The molecule has 0 aliphatic carbocycles. The number of hydrogen-bond acceptors (Lipinski definition) is 3. The van der Waals surface area contributed by atoms with Gasteiger partial charge in [0.1, 0.15) is 5.84 Å². The molecule has 2 aromatic carbocycles. The van der Waals surface area contributed by atoms with Gasteiger partial charge in [0.2, 0.25) is 6.10 Å². The van der Waals surface area contributed by atoms with Crippen LogP contribution in [-0.2, 0) is 22.5 Å². The Hall–Kier alpha value is -2.53. The molecule has 0 radical (unpaired) electrons. The highest BCUT2D eigenvalue weighted by molar-refractivity contribution is 6.31. The summed E-state index contributed by atoms with van der Waals surface area (Å²) in [6, 6.07) is 15.4. The molecule has 0 bridgehead atoms. The summed E-state index contributed by atoms with van der Waals surface area (Å²) in [7, 11) is 0. The number of oxime groups is 1. The van der Waals surface area contributed by atoms with Gasteiger partial charge in [0.15, 0.2) is 0 Å². The number of nitrogens with two attached hydrogens (primary N) is 1. The predicted molar refractivity (Wildman–Crippen MR) is 104 cm³/mol. The van der Waals surface area contributed by atoms with Crippen molar-refractivity contribution in [2.45, 2.75) is 38.8 Å². The van der Waals surface area contributed by atoms with Gasteiger partial charge in [-0.2, -0.15) is 0 Å². The molecule has 1 amide bonds. The normalized spacial score (nSPS) is 17.7. The molecule has 0 fully saturated rings. The molecule has 1 aliphatic rings. The molecule has 0 aromatic heterocycles. The van der Waals surface area contributed by atoms with E-state index < -0.39 is 6.10 Å². The van der Waals surface area contributed by atoms with Crippen molar-refractivity contribution >= 4 is 29.0 Å². The van der Waals surface area contributed by atoms with Crippen LogP contribution in [0.1, 0.15) is 25.0 Å². The van der Waals surface area contributed by atoms with E-state index in [4.69, 9.17) is 22.2 Å². The van der Waals surface area contributed by atoms with Crippen LogP contribution in [-0.4, -0.2) is 23.9 Å². The van der Waals surface area contributed by atoms with Crippen LogP contribution < -0.4 is 10.6 Å². The van der Waals surface area contributed by atoms with Crippen molar-refractivity contribution in [1.82, 2.24) is 0 Å². The summed E-state index contributed by atoms with van der Waals surface area (Å²) >= 11 is 6.12. The quantitative estimate of drug-likeness (QED) is 0.496. The third kappa shape index (κ3) is 3.83. The van der Waals surface area contributed by atoms with E-state index >= 15 is 0 Å². The highest BCUT2D eigenvalue weighted by atomic mass is 35.5. The Morgan fingerprint density at radius 3 is 2.77 bits per heavy atom. The van der Waals surface area contributed by atoms with E-state index in [1.54, 1.807) is 17.9 Å². The summed E-state index contributed by atoms with van der Waals surface area (Å²) < 4.78 is 0. The van der Waals surface area contributed by atoms with Crippen LogP contribution in [0.5, 0.6) is 0 Å². The minimum atomic E-state index is -0.728. The van der Waals surface area contributed by atoms with Crippen molar-refractivity contribution in [3.05, 3.63) is 64.7 Å². The highest BCUT2D eigenvalue weighted by Gasteiger charge is 2.34. The summed E-state index contributed by atoms with van der Waals surface area (Å²) in [5.74, 6) is 0.143. The zero-order chi connectivity index (χ0) is 18.7. The van der Waals surface area contributed by atoms with Crippen LogP contribution in [0, 0.1) is 0 Å². The van der Waals surface area contributed by atoms with Gasteiger partial charge >= 0.3 is 0 Å². The molecule has 5 nitrogen and oxygen atoms in total. The third-order valence-corrected chi connectivity index (χ3v) is 4.82. The fourth-order valence-corrected chi connectivity index (χ4v) is 3.36. The summed E-state index contributed by atoms with van der Waals surface area (Å²) in [5.41, 5.74) is 8.89. The average Bonchev–Trinajstić information content (AvgIpc) is 2.96. The van der Waals surface area contributed by atoms with Crippen molar-refractivity contribution in [1.29, 1.82) is 0 Å². The van der Waals surface area contributed by atoms with Crippen molar-refractivity contribution in [3.63, 3.8) is 0 Å². The number of hydrogen-bond donors (Lipinski definition) is 1. The standard InChI is InChI=1S/C20H22ClN3O2/c1-13-11-16-8-4-6-10-18(16)24(13)20(25)14(2)26-23-19(22)12-15-7-3-5-9-17(15)21/h3-10,13-14H,11-12H2,1-2H3,(H2,22,23)/t13-,14-/m1/s1. The number of carbonyl (C=O) groups excluding carboxylic acids is 1. The number of amidine groups is 1. The molecular formula is C20H22ClN3O2. The number of amides is 1. The second-order valence-corrected chi connectivity index (χ2v) is 6.90. The first-order chi connectivity index (χ1) is 12.5. The molecule has 1 heterocycles. The zero-order valence-corrected chi connectivity index (χ0v) is 15.6. The van der Waals surface area contributed by atoms with E-state index in [9.17, 15) is 4.79 Å². The molecule has 0 spiro atoms. The SMILES string of the molecule is C[C@@H]1Cc2ccccc2N1C(=O)[C@@H](C)O/N=C(\N)Cc1ccccc1Cl. The molecule has 2 atom stereocenters. The Balaban J connectivity index is 1.65. The van der Waals surface area contributed by atoms with E-state index in [0.717, 1.165) is 17.7 Å². The van der Waals surface area contributed by atoms with E-state index in [-0.39, 0.29) is 17.8 Å². The van der Waals surface area contributed by atoms with Gasteiger partial charge in [-0.25, -0.2) is 0 Å². The zero-order valence-electron chi connectivity index (χ0n) is 14.9. The predicted octanol–water partition coefficient (Wildman–Crippen LogP) is 3.54. The van der Waals surface area contributed by atoms with Crippen LogP contribution in [0.4, 0.5) is 5.69 Å². The Bertz CT molecular complexity index is 837. The number of anilines is 1. The molecule has 136 valence electrons. The molecule has 3 rings (SSSR count). The molecular weight excluding hydrogens is 350 g/mol. The number of carbonyl (C=O) groups is 1. The lowest BCUT2D eigenvalue weighted by Crippen LogP contribution is -2.42. The maximum atomic E-state index is 12.8. The molecule has 0 saturated carbocycles. The molecule has 26 heavy (non-hydrogen) atoms. The minimum absolute atomic E-state index is 0.0930. The number of halogens is 1. The fourth-order valence-electron chi connectivity index (χ4n) is 3.16. The van der Waals surface area contributed by atoms with Gasteiger partial charge in [-0.15, -0.1) is 0 Å². The van der Waals surface area contributed by atoms with Gasteiger partial charge < -0.3 is 15.5 Å². The first kappa shape index (κ1) is 18.3. The van der Waals surface area contributed by atoms with E-state index in [2.05, 4.69) is 5.16 Å². The first-order valence-electron chi connectivity index (χ1n) is 8.60. The maximum absolute atomic E-state index is 12.8. The smallest absolute Gasteiger partial charge is 0.270 e. The number of rotatable bonds is 5. The van der Waals surface area contributed by atoms with Crippen LogP contribution in [0.15, 0.2) is 53.7 Å². The van der Waals surface area contributed by atoms with Crippen molar-refractivity contribution in [3.8, 4) is 0 Å². The number of benzene rings is 2. The van der Waals surface area contributed by atoms with E-state index in [0.29, 0.717) is 11.4 Å². The van der Waals surface area contributed by atoms with Gasteiger partial charge in [0, 0.05) is 23.2 Å². The van der Waals surface area contributed by atoms with Crippen LogP contribution in [0.3, 0.4) is 0 Å². The van der Waals surface area contributed by atoms with Crippen molar-refractivity contribution < 1.29 is 9.63 Å². The maximum Gasteiger partial charge on any atom is 0.270 e. The second-order valence-electron chi connectivity index (χ2n) is 6.49. The molecule has 6 heteroatoms. The first-order valence-corrected chi connectivity index (χ1v) is 8.97. The Kier molecular flexibility index (Phi) is 5.47. The van der Waals surface area contributed by atoms with E-state index in [1.165, 1.54) is 5.56 Å². The molecule has 0 saturated heterocycles. The lowest BCUT2D eigenvalue weighted by atomic mass is 10.1. The van der Waals surface area contributed by atoms with Crippen LogP contribution >= 0.6 is 11.6 Å². The summed E-state index contributed by atoms with van der Waals surface area (Å²) in [6.07, 6.45) is 0.476. The Morgan fingerprint density at radius 1 is 1.31 bits per heavy atom. The van der Waals surface area contributed by atoms with Gasteiger partial charge in [-0.1, -0.05) is 53.2 Å². The molecule has 1 aliphatic heterocycles. The fraction of sp³-hybridized carbons (Fsp3) is 0.300. The lowest BCUT2D eigenvalue weighted by molar-refractivity contribution is -0.129. The number of para-hydroxylation sites is 1. The van der Waals surface area contributed by atoms with Gasteiger partial charge in [-0.3, -0.25) is 4.79 Å². The topological polar surface area (TPSA) is 67.9 Å². The van der Waals surface area contributed by atoms with Crippen molar-refractivity contribution in [2.75, 3.05) is 4.90 Å². The number of fused-ring (bicyclic) bond motifs is 1. The van der Waals surface area contributed by atoms with Gasteiger partial charge in [0.25, 0.3) is 5.91 Å². The van der Waals surface area contributed by atoms with Gasteiger partial charge in [0.05, 0.1) is 0 Å². The monoisotopic (exact) mass is 371 g/mol. The third-order valence-electron chi connectivity index (χ3n) is 4.45. The molecule has 2 N–H and O–H groups in total. The minimum Gasteiger partial charge on any atom is -0.384 e. The Morgan fingerprint density at radius 2 is 2.00 bits per heavy atom. The summed E-state index contributed by atoms with van der Waals surface area (Å²) in [6.45, 7) is 3.71. The second kappa shape index (κ2) is 7.79. The lowest BCUT2D eigenvalue weighted by Gasteiger charge is -2.25. The highest BCUT2D eigenvalue weighted by Crippen LogP contribution is 2.32. The van der Waals surface area contributed by atoms with E-state index in [1.807, 2.05) is 49.4 Å². The Labute approximate surface area is 158 Å². The van der Waals surface area contributed by atoms with Crippen LogP contribution in [0.2, 0.25) is 5.02 Å².